The molecule has 1 atom stereocenters. The van der Waals surface area contributed by atoms with Gasteiger partial charge >= 0.3 is 5.97 Å². The zero-order valence-electron chi connectivity index (χ0n) is 16.4. The molecule has 2 aromatic heterocycles. The van der Waals surface area contributed by atoms with Crippen molar-refractivity contribution in [3.05, 3.63) is 76.2 Å². The molecule has 1 aliphatic heterocycles. The molecule has 7 nitrogen and oxygen atoms in total. The summed E-state index contributed by atoms with van der Waals surface area (Å²) in [5, 5.41) is 4.55. The van der Waals surface area contributed by atoms with Gasteiger partial charge < -0.3 is 13.9 Å². The molecule has 30 heavy (non-hydrogen) atoms. The number of carbonyl (C=O) groups is 1. The normalized spacial score (nSPS) is 15.7. The largest absolute Gasteiger partial charge is 0.496 e. The molecular weight excluding hydrogens is 384 g/mol. The van der Waals surface area contributed by atoms with Crippen LogP contribution >= 0.6 is 0 Å². The molecule has 0 spiro atoms. The lowest BCUT2D eigenvalue weighted by atomic mass is 9.88. The van der Waals surface area contributed by atoms with Gasteiger partial charge in [-0.25, -0.2) is 0 Å². The van der Waals surface area contributed by atoms with E-state index in [9.17, 15) is 9.59 Å². The fraction of sp³-hybridized carbons (Fsp3) is 0.174. The van der Waals surface area contributed by atoms with Crippen molar-refractivity contribution in [1.82, 2.24) is 9.78 Å². The lowest BCUT2D eigenvalue weighted by Gasteiger charge is -2.26. The summed E-state index contributed by atoms with van der Waals surface area (Å²) >= 11 is 0. The van der Waals surface area contributed by atoms with E-state index < -0.39 is 0 Å². The smallest absolute Gasteiger partial charge is 0.312 e. The second-order valence-electron chi connectivity index (χ2n) is 7.15. The minimum Gasteiger partial charge on any atom is -0.496 e. The van der Waals surface area contributed by atoms with Crippen LogP contribution in [-0.4, -0.2) is 22.9 Å². The van der Waals surface area contributed by atoms with Crippen molar-refractivity contribution < 1.29 is 18.7 Å². The van der Waals surface area contributed by atoms with E-state index in [4.69, 9.17) is 13.9 Å². The SMILES string of the molecule is COc1cc2c(c3oc(-c4ccccc4)cc(=O)c13)[C@@H](c1ccnn1C)CC(=O)O2. The van der Waals surface area contributed by atoms with Gasteiger partial charge in [-0.15, -0.1) is 0 Å². The number of carbonyl (C=O) groups excluding carboxylic acids is 1. The van der Waals surface area contributed by atoms with Gasteiger partial charge in [-0.2, -0.15) is 5.10 Å². The van der Waals surface area contributed by atoms with Crippen LogP contribution in [0.4, 0.5) is 0 Å². The summed E-state index contributed by atoms with van der Waals surface area (Å²) in [5.74, 6) is 0.336. The minimum absolute atomic E-state index is 0.118. The molecule has 7 heteroatoms. The minimum atomic E-state index is -0.365. The molecule has 1 aliphatic rings. The number of fused-ring (bicyclic) bond motifs is 3. The quantitative estimate of drug-likeness (QED) is 0.384. The Morgan fingerprint density at radius 2 is 1.93 bits per heavy atom. The molecule has 0 amide bonds. The van der Waals surface area contributed by atoms with Crippen molar-refractivity contribution in [2.45, 2.75) is 12.3 Å². The van der Waals surface area contributed by atoms with E-state index in [1.165, 1.54) is 13.2 Å². The fourth-order valence-corrected chi connectivity index (χ4v) is 4.03. The Kier molecular flexibility index (Phi) is 4.17. The molecule has 0 saturated heterocycles. The van der Waals surface area contributed by atoms with Crippen LogP contribution in [0.2, 0.25) is 0 Å². The van der Waals surface area contributed by atoms with Crippen LogP contribution in [0, 0.1) is 0 Å². The van der Waals surface area contributed by atoms with Gasteiger partial charge in [0.25, 0.3) is 0 Å². The third-order valence-corrected chi connectivity index (χ3v) is 5.40. The maximum atomic E-state index is 13.1. The molecule has 0 fully saturated rings. The third kappa shape index (κ3) is 2.78. The number of ether oxygens (including phenoxy) is 2. The number of methoxy groups -OCH3 is 1. The van der Waals surface area contributed by atoms with Crippen LogP contribution < -0.4 is 14.9 Å². The summed E-state index contributed by atoms with van der Waals surface area (Å²) in [5.41, 5.74) is 2.37. The van der Waals surface area contributed by atoms with Crippen molar-refractivity contribution in [3.8, 4) is 22.8 Å². The molecule has 3 heterocycles. The maximum Gasteiger partial charge on any atom is 0.312 e. The molecule has 4 aromatic rings. The molecule has 0 unspecified atom stereocenters. The Hall–Kier alpha value is -3.87. The standard InChI is InChI=1S/C23H18N2O5/c1-25-15(8-9-24-25)14-10-20(27)29-19-12-18(28-2)22-16(26)11-17(30-23(22)21(14)19)13-6-4-3-5-7-13/h3-9,11-12,14H,10H2,1-2H3/t14-/m1/s1. The molecule has 0 aliphatic carbocycles. The average Bonchev–Trinajstić information content (AvgIpc) is 3.18. The lowest BCUT2D eigenvalue weighted by molar-refractivity contribution is -0.135. The molecule has 0 saturated carbocycles. The predicted octanol–water partition coefficient (Wildman–Crippen LogP) is 3.64. The highest BCUT2D eigenvalue weighted by atomic mass is 16.5. The molecular formula is C23H18N2O5. The number of hydrogen-bond donors (Lipinski definition) is 0. The topological polar surface area (TPSA) is 83.6 Å². The van der Waals surface area contributed by atoms with Gasteiger partial charge in [0.15, 0.2) is 5.43 Å². The molecule has 0 N–H and O–H groups in total. The number of aryl methyl sites for hydroxylation is 1. The van der Waals surface area contributed by atoms with E-state index in [-0.39, 0.29) is 23.7 Å². The maximum absolute atomic E-state index is 13.1. The Balaban J connectivity index is 1.87. The number of nitrogens with zero attached hydrogens (tertiary/aromatic N) is 2. The molecule has 2 aromatic carbocycles. The third-order valence-electron chi connectivity index (χ3n) is 5.40. The summed E-state index contributed by atoms with van der Waals surface area (Å²) in [4.78, 5) is 25.4. The number of hydrogen-bond acceptors (Lipinski definition) is 6. The number of benzene rings is 2. The van der Waals surface area contributed by atoms with Crippen LogP contribution in [0.5, 0.6) is 11.5 Å². The second-order valence-corrected chi connectivity index (χ2v) is 7.15. The van der Waals surface area contributed by atoms with Gasteiger partial charge in [-0.1, -0.05) is 30.3 Å². The monoisotopic (exact) mass is 402 g/mol. The number of esters is 1. The van der Waals surface area contributed by atoms with Crippen molar-refractivity contribution in [3.63, 3.8) is 0 Å². The van der Waals surface area contributed by atoms with Gasteiger partial charge in [0.05, 0.1) is 13.5 Å². The lowest BCUT2D eigenvalue weighted by Crippen LogP contribution is -2.23. The van der Waals surface area contributed by atoms with Crippen LogP contribution in [-0.2, 0) is 11.8 Å². The molecule has 5 rings (SSSR count). The zero-order chi connectivity index (χ0) is 20.8. The van der Waals surface area contributed by atoms with Gasteiger partial charge in [-0.3, -0.25) is 14.3 Å². The van der Waals surface area contributed by atoms with Gasteiger partial charge in [0.1, 0.15) is 28.2 Å². The van der Waals surface area contributed by atoms with Gasteiger partial charge in [-0.05, 0) is 6.07 Å². The van der Waals surface area contributed by atoms with Crippen molar-refractivity contribution in [2.75, 3.05) is 7.11 Å². The molecule has 150 valence electrons. The number of aromatic nitrogens is 2. The average molecular weight is 402 g/mol. The first-order valence-corrected chi connectivity index (χ1v) is 9.49. The van der Waals surface area contributed by atoms with E-state index >= 15 is 0 Å². The van der Waals surface area contributed by atoms with E-state index in [1.54, 1.807) is 16.9 Å². The Morgan fingerprint density at radius 3 is 2.63 bits per heavy atom. The van der Waals surface area contributed by atoms with Crippen LogP contribution in [0.1, 0.15) is 23.6 Å². The van der Waals surface area contributed by atoms with Crippen molar-refractivity contribution in [1.29, 1.82) is 0 Å². The van der Waals surface area contributed by atoms with Gasteiger partial charge in [0.2, 0.25) is 0 Å². The van der Waals surface area contributed by atoms with E-state index in [2.05, 4.69) is 5.10 Å². The molecule has 0 bridgehead atoms. The first-order chi connectivity index (χ1) is 14.6. The summed E-state index contributed by atoms with van der Waals surface area (Å²) in [6.45, 7) is 0. The summed E-state index contributed by atoms with van der Waals surface area (Å²) in [7, 11) is 3.28. The van der Waals surface area contributed by atoms with Crippen LogP contribution in [0.15, 0.2) is 63.9 Å². The highest BCUT2D eigenvalue weighted by Gasteiger charge is 2.35. The summed E-state index contributed by atoms with van der Waals surface area (Å²) < 4.78 is 18.9. The fourth-order valence-electron chi connectivity index (χ4n) is 4.03. The Bertz CT molecular complexity index is 1340. The van der Waals surface area contributed by atoms with Crippen LogP contribution in [0.25, 0.3) is 22.3 Å². The van der Waals surface area contributed by atoms with E-state index in [0.717, 1.165) is 11.3 Å². The molecule has 0 radical (unpaired) electrons. The van der Waals surface area contributed by atoms with E-state index in [0.29, 0.717) is 33.8 Å². The zero-order valence-corrected chi connectivity index (χ0v) is 16.4. The van der Waals surface area contributed by atoms with Gasteiger partial charge in [0, 0.05) is 48.1 Å². The number of rotatable bonds is 3. The summed E-state index contributed by atoms with van der Waals surface area (Å²) in [6, 6.07) is 14.3. The van der Waals surface area contributed by atoms with Crippen molar-refractivity contribution in [2.24, 2.45) is 7.05 Å². The first kappa shape index (κ1) is 18.2. The second kappa shape index (κ2) is 6.88. The Morgan fingerprint density at radius 1 is 1.13 bits per heavy atom. The Labute approximate surface area is 171 Å². The predicted molar refractivity (Wildman–Crippen MR) is 110 cm³/mol. The highest BCUT2D eigenvalue weighted by Crippen LogP contribution is 2.46. The van der Waals surface area contributed by atoms with Crippen molar-refractivity contribution >= 4 is 16.9 Å². The summed E-state index contributed by atoms with van der Waals surface area (Å²) in [6.07, 6.45) is 1.79. The van der Waals surface area contributed by atoms with Crippen LogP contribution in [0.3, 0.4) is 0 Å². The highest BCUT2D eigenvalue weighted by molar-refractivity contribution is 5.93. The van der Waals surface area contributed by atoms with E-state index in [1.807, 2.05) is 43.4 Å². The first-order valence-electron chi connectivity index (χ1n) is 9.49.